The van der Waals surface area contributed by atoms with Crippen LogP contribution in [0, 0.1) is 10.1 Å². The van der Waals surface area contributed by atoms with Crippen molar-refractivity contribution < 1.29 is 18.9 Å². The summed E-state index contributed by atoms with van der Waals surface area (Å²) >= 11 is 0. The third kappa shape index (κ3) is 3.25. The number of nitro groups is 1. The molecule has 2 aromatic carbocycles. The van der Waals surface area contributed by atoms with Crippen LogP contribution in [0.25, 0.3) is 17.4 Å². The minimum absolute atomic E-state index is 0.0595. The first-order valence-electron chi connectivity index (χ1n) is 8.03. The monoisotopic (exact) mass is 360 g/mol. The van der Waals surface area contributed by atoms with Crippen LogP contribution >= 0.6 is 0 Å². The van der Waals surface area contributed by atoms with Gasteiger partial charge in [0.2, 0.25) is 5.90 Å². The Labute approximate surface area is 153 Å². The molecular weight excluding hydrogens is 348 g/mol. The smallest absolute Gasteiger partial charge is 0.363 e. The summed E-state index contributed by atoms with van der Waals surface area (Å²) in [7, 11) is 0. The first-order chi connectivity index (χ1) is 13.1. The highest BCUT2D eigenvalue weighted by Crippen LogP contribution is 2.31. The standard InChI is InChI=1S/C20H12N2O5/c23-20-16(21-19(27-20)13-6-2-1-3-7-13)12-14-10-11-18(26-14)15-8-4-5-9-17(15)22(24)25/h1-12H. The number of furan rings is 1. The van der Waals surface area contributed by atoms with E-state index in [0.717, 1.165) is 0 Å². The number of carbonyl (C=O) groups excluding carboxylic acids is 1. The van der Waals surface area contributed by atoms with Crippen molar-refractivity contribution in [1.82, 2.24) is 0 Å². The zero-order chi connectivity index (χ0) is 18.8. The lowest BCUT2D eigenvalue weighted by Crippen LogP contribution is -2.04. The molecule has 2 heterocycles. The number of rotatable bonds is 4. The second kappa shape index (κ2) is 6.72. The van der Waals surface area contributed by atoms with Crippen LogP contribution in [0.2, 0.25) is 0 Å². The Hall–Kier alpha value is -4.00. The van der Waals surface area contributed by atoms with Gasteiger partial charge in [0, 0.05) is 17.7 Å². The lowest BCUT2D eigenvalue weighted by molar-refractivity contribution is -0.384. The van der Waals surface area contributed by atoms with Gasteiger partial charge in [0.15, 0.2) is 5.70 Å². The molecule has 7 nitrogen and oxygen atoms in total. The molecule has 0 spiro atoms. The second-order valence-electron chi connectivity index (χ2n) is 5.68. The van der Waals surface area contributed by atoms with Crippen molar-refractivity contribution in [1.29, 1.82) is 0 Å². The lowest BCUT2D eigenvalue weighted by Gasteiger charge is -1.98. The number of carbonyl (C=O) groups is 1. The van der Waals surface area contributed by atoms with Crippen LogP contribution < -0.4 is 0 Å². The topological polar surface area (TPSA) is 94.9 Å². The minimum Gasteiger partial charge on any atom is -0.456 e. The van der Waals surface area contributed by atoms with Crippen LogP contribution in [0.1, 0.15) is 11.3 Å². The SMILES string of the molecule is O=C1OC(c2ccccc2)=NC1=Cc1ccc(-c2ccccc2[N+](=O)[O-])o1. The van der Waals surface area contributed by atoms with Crippen molar-refractivity contribution in [3.63, 3.8) is 0 Å². The lowest BCUT2D eigenvalue weighted by atomic mass is 10.1. The van der Waals surface area contributed by atoms with Crippen LogP contribution in [0.15, 0.2) is 81.8 Å². The fourth-order valence-corrected chi connectivity index (χ4v) is 2.66. The molecule has 0 radical (unpaired) electrons. The Morgan fingerprint density at radius 2 is 1.70 bits per heavy atom. The molecule has 0 unspecified atom stereocenters. The van der Waals surface area contributed by atoms with E-state index in [1.54, 1.807) is 42.5 Å². The van der Waals surface area contributed by atoms with Crippen molar-refractivity contribution in [3.8, 4) is 11.3 Å². The van der Waals surface area contributed by atoms with Gasteiger partial charge in [0.1, 0.15) is 11.5 Å². The fourth-order valence-electron chi connectivity index (χ4n) is 2.66. The number of hydrogen-bond acceptors (Lipinski definition) is 6. The van der Waals surface area contributed by atoms with Crippen LogP contribution in [0.4, 0.5) is 5.69 Å². The molecule has 1 aromatic heterocycles. The maximum Gasteiger partial charge on any atom is 0.363 e. The molecule has 0 amide bonds. The van der Waals surface area contributed by atoms with Crippen LogP contribution in [0.3, 0.4) is 0 Å². The van der Waals surface area contributed by atoms with E-state index >= 15 is 0 Å². The highest BCUT2D eigenvalue weighted by atomic mass is 16.6. The molecule has 0 N–H and O–H groups in total. The Bertz CT molecular complexity index is 1100. The highest BCUT2D eigenvalue weighted by Gasteiger charge is 2.24. The van der Waals surface area contributed by atoms with Crippen molar-refractivity contribution in [3.05, 3.63) is 93.9 Å². The minimum atomic E-state index is -0.586. The third-order valence-corrected chi connectivity index (χ3v) is 3.91. The normalized spacial score (nSPS) is 14.9. The molecule has 1 aliphatic heterocycles. The van der Waals surface area contributed by atoms with Gasteiger partial charge in [-0.2, -0.15) is 0 Å². The molecule has 0 saturated carbocycles. The zero-order valence-corrected chi connectivity index (χ0v) is 13.9. The zero-order valence-electron chi connectivity index (χ0n) is 13.9. The molecule has 7 heteroatoms. The number of cyclic esters (lactones) is 1. The number of esters is 1. The molecule has 0 bridgehead atoms. The molecule has 4 rings (SSSR count). The third-order valence-electron chi connectivity index (χ3n) is 3.91. The van der Waals surface area contributed by atoms with Gasteiger partial charge in [0.25, 0.3) is 5.69 Å². The van der Waals surface area contributed by atoms with Gasteiger partial charge in [-0.3, -0.25) is 10.1 Å². The van der Waals surface area contributed by atoms with Crippen LogP contribution in [0.5, 0.6) is 0 Å². The second-order valence-corrected chi connectivity index (χ2v) is 5.68. The molecule has 27 heavy (non-hydrogen) atoms. The maximum absolute atomic E-state index is 12.0. The van der Waals surface area contributed by atoms with Gasteiger partial charge in [-0.05, 0) is 30.3 Å². The van der Waals surface area contributed by atoms with Gasteiger partial charge in [-0.15, -0.1) is 0 Å². The van der Waals surface area contributed by atoms with Gasteiger partial charge >= 0.3 is 5.97 Å². The Balaban J connectivity index is 1.66. The Morgan fingerprint density at radius 1 is 0.963 bits per heavy atom. The van der Waals surface area contributed by atoms with E-state index in [4.69, 9.17) is 9.15 Å². The van der Waals surface area contributed by atoms with E-state index in [0.29, 0.717) is 22.6 Å². The van der Waals surface area contributed by atoms with Crippen molar-refractivity contribution in [2.45, 2.75) is 0 Å². The number of benzene rings is 2. The highest BCUT2D eigenvalue weighted by molar-refractivity contribution is 6.12. The maximum atomic E-state index is 12.0. The molecule has 0 saturated heterocycles. The summed E-state index contributed by atoms with van der Waals surface area (Å²) in [6, 6.07) is 18.6. The van der Waals surface area contributed by atoms with Crippen molar-refractivity contribution in [2.24, 2.45) is 4.99 Å². The number of nitrogens with zero attached hydrogens (tertiary/aromatic N) is 2. The van der Waals surface area contributed by atoms with Gasteiger partial charge in [-0.1, -0.05) is 30.3 Å². The van der Waals surface area contributed by atoms with Gasteiger partial charge < -0.3 is 9.15 Å². The number of para-hydroxylation sites is 1. The number of aliphatic imine (C=N–C) groups is 1. The van der Waals surface area contributed by atoms with Gasteiger partial charge in [0.05, 0.1) is 10.5 Å². The van der Waals surface area contributed by atoms with E-state index in [1.807, 2.05) is 18.2 Å². The number of nitro benzene ring substituents is 1. The molecule has 0 fully saturated rings. The summed E-state index contributed by atoms with van der Waals surface area (Å²) in [4.78, 5) is 26.9. The average Bonchev–Trinajstić information content (AvgIpc) is 3.30. The molecule has 0 atom stereocenters. The first kappa shape index (κ1) is 16.5. The molecule has 1 aliphatic rings. The van der Waals surface area contributed by atoms with E-state index in [1.165, 1.54) is 12.1 Å². The quantitative estimate of drug-likeness (QED) is 0.301. The van der Waals surface area contributed by atoms with E-state index in [2.05, 4.69) is 4.99 Å². The van der Waals surface area contributed by atoms with Crippen molar-refractivity contribution >= 4 is 23.6 Å². The molecular formula is C20H12N2O5. The predicted octanol–water partition coefficient (Wildman–Crippen LogP) is 4.20. The van der Waals surface area contributed by atoms with Crippen LogP contribution in [-0.2, 0) is 9.53 Å². The summed E-state index contributed by atoms with van der Waals surface area (Å²) in [6.45, 7) is 0. The largest absolute Gasteiger partial charge is 0.456 e. The number of ether oxygens (including phenoxy) is 1. The fraction of sp³-hybridized carbons (Fsp3) is 0. The summed E-state index contributed by atoms with van der Waals surface area (Å²) in [5.41, 5.74) is 1.08. The van der Waals surface area contributed by atoms with E-state index in [9.17, 15) is 14.9 Å². The summed E-state index contributed by atoms with van der Waals surface area (Å²) in [6.07, 6.45) is 1.44. The summed E-state index contributed by atoms with van der Waals surface area (Å²) in [5, 5.41) is 11.2. The van der Waals surface area contributed by atoms with E-state index < -0.39 is 10.9 Å². The number of hydrogen-bond donors (Lipinski definition) is 0. The summed E-state index contributed by atoms with van der Waals surface area (Å²) in [5.74, 6) is 0.302. The van der Waals surface area contributed by atoms with Gasteiger partial charge in [-0.25, -0.2) is 9.79 Å². The Kier molecular flexibility index (Phi) is 4.10. The molecule has 132 valence electrons. The Morgan fingerprint density at radius 3 is 2.48 bits per heavy atom. The predicted molar refractivity (Wildman–Crippen MR) is 97.8 cm³/mol. The molecule has 0 aliphatic carbocycles. The first-order valence-corrected chi connectivity index (χ1v) is 8.03. The van der Waals surface area contributed by atoms with Crippen LogP contribution in [-0.4, -0.2) is 16.8 Å². The average molecular weight is 360 g/mol. The van der Waals surface area contributed by atoms with Crippen molar-refractivity contribution in [2.75, 3.05) is 0 Å². The summed E-state index contributed by atoms with van der Waals surface area (Å²) < 4.78 is 10.8. The molecule has 3 aromatic rings. The van der Waals surface area contributed by atoms with E-state index in [-0.39, 0.29) is 17.3 Å².